The average molecular weight is 742 g/mol. The van der Waals surface area contributed by atoms with E-state index in [0.29, 0.717) is 30.4 Å². The van der Waals surface area contributed by atoms with E-state index in [1.54, 1.807) is 101 Å². The molecule has 0 bridgehead atoms. The molecule has 3 N–H and O–H groups in total. The number of allylic oxidation sites excluding steroid dienone is 2. The fraction of sp³-hybridized carbons (Fsp3) is 0.368. The number of nitriles is 4. The summed E-state index contributed by atoms with van der Waals surface area (Å²) in [6.07, 6.45) is 1.23. The SMILES string of the molecule is CCC(O)Cn1c(=O)n(CC(O)CC)c(=O)n(CC(O)CC)c1=O.COC(=O)c1ccc(C=C(C#N)C#N)cc1.COc1ccc(C=C(C#N)C#N)cc1. The monoisotopic (exact) mass is 741 g/mol. The van der Waals surface area contributed by atoms with Crippen LogP contribution in [0.5, 0.6) is 5.75 Å². The summed E-state index contributed by atoms with van der Waals surface area (Å²) in [4.78, 5) is 48.5. The van der Waals surface area contributed by atoms with Gasteiger partial charge in [-0.1, -0.05) is 45.0 Å². The third kappa shape index (κ3) is 14.2. The van der Waals surface area contributed by atoms with Crippen LogP contribution in [0.2, 0.25) is 0 Å². The number of hydrogen-bond donors (Lipinski definition) is 3. The van der Waals surface area contributed by atoms with Crippen LogP contribution in [0.1, 0.15) is 61.5 Å². The maximum absolute atomic E-state index is 12.4. The van der Waals surface area contributed by atoms with Gasteiger partial charge in [0.1, 0.15) is 41.2 Å². The summed E-state index contributed by atoms with van der Waals surface area (Å²) in [5.41, 5.74) is -0.572. The summed E-state index contributed by atoms with van der Waals surface area (Å²) in [6, 6.07) is 20.7. The second-order valence-corrected chi connectivity index (χ2v) is 11.3. The Hall–Kier alpha value is -6.56. The summed E-state index contributed by atoms with van der Waals surface area (Å²) in [5.74, 6) is 0.328. The fourth-order valence-electron chi connectivity index (χ4n) is 4.22. The first-order valence-electron chi connectivity index (χ1n) is 16.6. The van der Waals surface area contributed by atoms with Gasteiger partial charge in [-0.25, -0.2) is 32.9 Å². The lowest BCUT2D eigenvalue weighted by Gasteiger charge is -2.18. The number of carbonyl (C=O) groups excluding carboxylic acids is 1. The number of hydrogen-bond acceptors (Lipinski definition) is 13. The molecule has 0 saturated heterocycles. The lowest BCUT2D eigenvalue weighted by Crippen LogP contribution is -2.57. The van der Waals surface area contributed by atoms with Gasteiger partial charge in [0.2, 0.25) is 0 Å². The van der Waals surface area contributed by atoms with Gasteiger partial charge in [0.15, 0.2) is 0 Å². The first-order chi connectivity index (χ1) is 25.8. The Morgan fingerprint density at radius 1 is 0.630 bits per heavy atom. The van der Waals surface area contributed by atoms with Gasteiger partial charge in [0.25, 0.3) is 0 Å². The maximum atomic E-state index is 12.4. The lowest BCUT2D eigenvalue weighted by atomic mass is 10.1. The van der Waals surface area contributed by atoms with E-state index in [1.165, 1.54) is 19.3 Å². The van der Waals surface area contributed by atoms with E-state index < -0.39 is 41.4 Å². The molecule has 3 atom stereocenters. The van der Waals surface area contributed by atoms with Crippen LogP contribution in [0.3, 0.4) is 0 Å². The highest BCUT2D eigenvalue weighted by Crippen LogP contribution is 2.13. The molecule has 0 aliphatic carbocycles. The summed E-state index contributed by atoms with van der Waals surface area (Å²) < 4.78 is 11.9. The zero-order valence-corrected chi connectivity index (χ0v) is 30.7. The van der Waals surface area contributed by atoms with Gasteiger partial charge in [-0.3, -0.25) is 0 Å². The van der Waals surface area contributed by atoms with Crippen LogP contribution in [0, 0.1) is 45.3 Å². The molecule has 16 nitrogen and oxygen atoms in total. The number of esters is 1. The van der Waals surface area contributed by atoms with Crippen molar-refractivity contribution in [1.82, 2.24) is 13.7 Å². The first kappa shape index (κ1) is 45.5. The van der Waals surface area contributed by atoms with Gasteiger partial charge < -0.3 is 24.8 Å². The van der Waals surface area contributed by atoms with Gasteiger partial charge in [0, 0.05) is 0 Å². The van der Waals surface area contributed by atoms with Gasteiger partial charge >= 0.3 is 23.0 Å². The minimum atomic E-state index is -0.915. The Morgan fingerprint density at radius 3 is 1.20 bits per heavy atom. The van der Waals surface area contributed by atoms with Crippen molar-refractivity contribution in [3.8, 4) is 30.0 Å². The molecule has 0 radical (unpaired) electrons. The van der Waals surface area contributed by atoms with E-state index in [9.17, 15) is 34.5 Å². The Morgan fingerprint density at radius 2 is 0.944 bits per heavy atom. The van der Waals surface area contributed by atoms with Crippen LogP contribution in [0.25, 0.3) is 12.2 Å². The molecule has 3 rings (SSSR count). The van der Waals surface area contributed by atoms with E-state index in [2.05, 4.69) is 4.74 Å². The molecule has 16 heteroatoms. The third-order valence-electron chi connectivity index (χ3n) is 7.53. The number of nitrogens with zero attached hydrogens (tertiary/aromatic N) is 7. The van der Waals surface area contributed by atoms with Gasteiger partial charge in [-0.15, -0.1) is 0 Å². The zero-order chi connectivity index (χ0) is 40.8. The lowest BCUT2D eigenvalue weighted by molar-refractivity contribution is 0.0600. The number of carbonyl (C=O) groups is 1. The van der Waals surface area contributed by atoms with E-state index in [4.69, 9.17) is 25.8 Å². The molecule has 0 aliphatic rings. The van der Waals surface area contributed by atoms with Crippen LogP contribution in [0.4, 0.5) is 0 Å². The van der Waals surface area contributed by atoms with Crippen LogP contribution < -0.4 is 21.8 Å². The molecule has 1 heterocycles. The van der Waals surface area contributed by atoms with Crippen molar-refractivity contribution in [2.45, 2.75) is 78.0 Å². The van der Waals surface area contributed by atoms with E-state index in [0.717, 1.165) is 25.0 Å². The summed E-state index contributed by atoms with van der Waals surface area (Å²) in [7, 11) is 2.89. The van der Waals surface area contributed by atoms with Crippen molar-refractivity contribution in [3.05, 3.63) is 108 Å². The Bertz CT molecular complexity index is 1950. The highest BCUT2D eigenvalue weighted by Gasteiger charge is 2.20. The largest absolute Gasteiger partial charge is 0.497 e. The molecule has 3 unspecified atom stereocenters. The standard InChI is InChI=1S/C15H27N3O6.C12H8N2O2.C11H8N2O/c1-4-10(19)7-16-13(22)17(8-11(20)5-2)15(24)18(14(16)23)9-12(21)6-3;1-16-12(15)11-4-2-9(3-5-11)6-10(7-13)8-14;1-14-11-4-2-9(3-5-11)6-10(7-12)8-13/h10-12,19-21H,4-9H2,1-3H3;2-6H,1H3;2-6H,1H3. The predicted molar refractivity (Wildman–Crippen MR) is 197 cm³/mol. The summed E-state index contributed by atoms with van der Waals surface area (Å²) >= 11 is 0. The topological polar surface area (TPSA) is 257 Å². The number of benzene rings is 2. The Kier molecular flexibility index (Phi) is 20.1. The van der Waals surface area contributed by atoms with Crippen LogP contribution >= 0.6 is 0 Å². The number of aromatic nitrogens is 3. The smallest absolute Gasteiger partial charge is 0.337 e. The molecular weight excluding hydrogens is 698 g/mol. The fourth-order valence-corrected chi connectivity index (χ4v) is 4.22. The molecular formula is C38H43N7O9. The van der Waals surface area contributed by atoms with Gasteiger partial charge in [-0.2, -0.15) is 21.0 Å². The van der Waals surface area contributed by atoms with Crippen molar-refractivity contribution >= 4 is 18.1 Å². The highest BCUT2D eigenvalue weighted by atomic mass is 16.5. The van der Waals surface area contributed by atoms with Crippen LogP contribution in [-0.4, -0.2) is 67.5 Å². The van der Waals surface area contributed by atoms with Crippen LogP contribution in [-0.2, 0) is 24.4 Å². The van der Waals surface area contributed by atoms with E-state index >= 15 is 0 Å². The number of ether oxygens (including phenoxy) is 2. The van der Waals surface area contributed by atoms with Gasteiger partial charge in [0.05, 0.1) is 57.7 Å². The van der Waals surface area contributed by atoms with Crippen molar-refractivity contribution in [2.24, 2.45) is 0 Å². The average Bonchev–Trinajstić information content (AvgIpc) is 3.21. The van der Waals surface area contributed by atoms with E-state index in [-0.39, 0.29) is 30.8 Å². The molecule has 0 amide bonds. The van der Waals surface area contributed by atoms with E-state index in [1.807, 2.05) is 0 Å². The Labute approximate surface area is 312 Å². The molecule has 3 aromatic rings. The number of aliphatic hydroxyl groups is 3. The first-order valence-corrected chi connectivity index (χ1v) is 16.6. The Balaban J connectivity index is 0.000000424. The second-order valence-electron chi connectivity index (χ2n) is 11.3. The maximum Gasteiger partial charge on any atom is 0.337 e. The minimum Gasteiger partial charge on any atom is -0.497 e. The van der Waals surface area contributed by atoms with Crippen molar-refractivity contribution in [1.29, 1.82) is 21.0 Å². The molecule has 0 aliphatic heterocycles. The number of methoxy groups -OCH3 is 2. The minimum absolute atomic E-state index is 0.0193. The highest BCUT2D eigenvalue weighted by molar-refractivity contribution is 5.89. The molecule has 0 fully saturated rings. The normalized spacial score (nSPS) is 11.4. The predicted octanol–water partition coefficient (Wildman–Crippen LogP) is 2.51. The molecule has 284 valence electrons. The summed E-state index contributed by atoms with van der Waals surface area (Å²) in [6.45, 7) is 4.35. The van der Waals surface area contributed by atoms with Gasteiger partial charge in [-0.05, 0) is 66.8 Å². The van der Waals surface area contributed by atoms with Crippen LogP contribution in [0.15, 0.2) is 74.1 Å². The molecule has 2 aromatic carbocycles. The van der Waals surface area contributed by atoms with Crippen molar-refractivity contribution in [3.63, 3.8) is 0 Å². The van der Waals surface area contributed by atoms with Crippen molar-refractivity contribution < 1.29 is 29.6 Å². The molecule has 1 aromatic heterocycles. The molecule has 0 spiro atoms. The number of aliphatic hydroxyl groups excluding tert-OH is 3. The zero-order valence-electron chi connectivity index (χ0n) is 30.7. The second kappa shape index (κ2) is 23.8. The molecule has 0 saturated carbocycles. The summed E-state index contributed by atoms with van der Waals surface area (Å²) in [5, 5.41) is 63.5. The third-order valence-corrected chi connectivity index (χ3v) is 7.53. The number of rotatable bonds is 13. The van der Waals surface area contributed by atoms with Crippen molar-refractivity contribution in [2.75, 3.05) is 14.2 Å². The quantitative estimate of drug-likeness (QED) is 0.168. The molecule has 54 heavy (non-hydrogen) atoms.